The summed E-state index contributed by atoms with van der Waals surface area (Å²) in [6.07, 6.45) is 0. The molecule has 0 saturated carbocycles. The van der Waals surface area contributed by atoms with Crippen LogP contribution in [-0.4, -0.2) is 13.1 Å². The lowest BCUT2D eigenvalue weighted by atomic mass is 10.00. The zero-order valence-corrected chi connectivity index (χ0v) is 8.70. The summed E-state index contributed by atoms with van der Waals surface area (Å²) >= 11 is 0. The molecule has 0 bridgehead atoms. The molecule has 0 aliphatic rings. The summed E-state index contributed by atoms with van der Waals surface area (Å²) in [6.45, 7) is 5.48. The van der Waals surface area contributed by atoms with Crippen molar-refractivity contribution in [2.45, 2.75) is 6.92 Å². The minimum Gasteiger partial charge on any atom is -0.465 e. The van der Waals surface area contributed by atoms with Crippen LogP contribution in [0.1, 0.15) is 16.7 Å². The van der Waals surface area contributed by atoms with Gasteiger partial charge in [0.25, 0.3) is 0 Å². The Bertz CT molecular complexity index is 455. The van der Waals surface area contributed by atoms with Crippen molar-refractivity contribution in [3.63, 3.8) is 0 Å². The molecule has 3 heteroatoms. The zero-order chi connectivity index (χ0) is 11.4. The lowest BCUT2D eigenvalue weighted by Crippen LogP contribution is -2.04. The highest BCUT2D eigenvalue weighted by Crippen LogP contribution is 2.19. The summed E-state index contributed by atoms with van der Waals surface area (Å²) in [5.41, 5.74) is 2.42. The maximum atomic E-state index is 11.2. The fourth-order valence-corrected chi connectivity index (χ4v) is 1.30. The van der Waals surface area contributed by atoms with Gasteiger partial charge in [0.2, 0.25) is 0 Å². The monoisotopic (exact) mass is 201 g/mol. The molecule has 76 valence electrons. The van der Waals surface area contributed by atoms with Gasteiger partial charge in [-0.25, -0.2) is 4.79 Å². The van der Waals surface area contributed by atoms with Crippen molar-refractivity contribution >= 4 is 11.5 Å². The third kappa shape index (κ3) is 2.23. The van der Waals surface area contributed by atoms with E-state index in [9.17, 15) is 4.79 Å². The van der Waals surface area contributed by atoms with E-state index >= 15 is 0 Å². The van der Waals surface area contributed by atoms with Crippen molar-refractivity contribution in [1.82, 2.24) is 0 Å². The second kappa shape index (κ2) is 4.43. The minimum absolute atomic E-state index is 0.305. The Kier molecular flexibility index (Phi) is 3.25. The number of esters is 1. The van der Waals surface area contributed by atoms with Crippen molar-refractivity contribution in [3.8, 4) is 6.07 Å². The van der Waals surface area contributed by atoms with E-state index in [-0.39, 0.29) is 0 Å². The number of hydrogen-bond donors (Lipinski definition) is 0. The molecule has 0 aliphatic carbocycles. The van der Waals surface area contributed by atoms with Crippen LogP contribution in [0.25, 0.3) is 5.57 Å². The first kappa shape index (κ1) is 11.0. The highest BCUT2D eigenvalue weighted by atomic mass is 16.5. The fourth-order valence-electron chi connectivity index (χ4n) is 1.30. The molecule has 0 atom stereocenters. The van der Waals surface area contributed by atoms with Gasteiger partial charge >= 0.3 is 5.97 Å². The SMILES string of the molecule is C=C(C(=O)OC)c1ccc(C#N)cc1C. The number of nitrogens with zero attached hydrogens (tertiary/aromatic N) is 1. The van der Waals surface area contributed by atoms with Crippen LogP contribution in [0, 0.1) is 18.3 Å². The normalized spacial score (nSPS) is 9.13. The summed E-state index contributed by atoms with van der Waals surface area (Å²) in [4.78, 5) is 11.2. The average molecular weight is 201 g/mol. The van der Waals surface area contributed by atoms with Gasteiger partial charge in [0.1, 0.15) is 0 Å². The molecule has 0 spiro atoms. The molecule has 0 radical (unpaired) electrons. The highest BCUT2D eigenvalue weighted by Gasteiger charge is 2.11. The molecule has 0 unspecified atom stereocenters. The predicted octanol–water partition coefficient (Wildman–Crippen LogP) is 2.05. The van der Waals surface area contributed by atoms with E-state index in [2.05, 4.69) is 11.3 Å². The van der Waals surface area contributed by atoms with Gasteiger partial charge in [-0.05, 0) is 30.2 Å². The van der Waals surface area contributed by atoms with Gasteiger partial charge in [0.15, 0.2) is 0 Å². The number of nitriles is 1. The Balaban J connectivity index is 3.13. The number of benzene rings is 1. The zero-order valence-electron chi connectivity index (χ0n) is 8.70. The highest BCUT2D eigenvalue weighted by molar-refractivity contribution is 6.15. The molecule has 0 N–H and O–H groups in total. The van der Waals surface area contributed by atoms with Gasteiger partial charge in [-0.3, -0.25) is 0 Å². The largest absolute Gasteiger partial charge is 0.465 e. The van der Waals surface area contributed by atoms with Crippen molar-refractivity contribution in [3.05, 3.63) is 41.5 Å². The lowest BCUT2D eigenvalue weighted by molar-refractivity contribution is -0.133. The second-order valence-corrected chi connectivity index (χ2v) is 3.11. The summed E-state index contributed by atoms with van der Waals surface area (Å²) in [5, 5.41) is 8.68. The van der Waals surface area contributed by atoms with Crippen molar-refractivity contribution < 1.29 is 9.53 Å². The van der Waals surface area contributed by atoms with Gasteiger partial charge in [0, 0.05) is 0 Å². The average Bonchev–Trinajstić information content (AvgIpc) is 2.26. The number of carbonyl (C=O) groups is 1. The lowest BCUT2D eigenvalue weighted by Gasteiger charge is -2.07. The second-order valence-electron chi connectivity index (χ2n) is 3.11. The molecule has 1 aromatic carbocycles. The van der Waals surface area contributed by atoms with Gasteiger partial charge in [0.05, 0.1) is 24.3 Å². The standard InChI is InChI=1S/C12H11NO2/c1-8-6-10(7-13)4-5-11(8)9(2)12(14)15-3/h4-6H,2H2,1,3H3. The number of carbonyl (C=O) groups excluding carboxylic acids is 1. The molecule has 1 aromatic rings. The fraction of sp³-hybridized carbons (Fsp3) is 0.167. The molecule has 0 aromatic heterocycles. The first-order chi connectivity index (χ1) is 7.10. The van der Waals surface area contributed by atoms with E-state index in [1.807, 2.05) is 13.0 Å². The van der Waals surface area contributed by atoms with Crippen LogP contribution >= 0.6 is 0 Å². The summed E-state index contributed by atoms with van der Waals surface area (Å²) in [6, 6.07) is 7.09. The summed E-state index contributed by atoms with van der Waals surface area (Å²) in [7, 11) is 1.31. The number of aryl methyl sites for hydroxylation is 1. The molecule has 0 amide bonds. The predicted molar refractivity (Wildman–Crippen MR) is 56.9 cm³/mol. The first-order valence-corrected chi connectivity index (χ1v) is 4.38. The van der Waals surface area contributed by atoms with E-state index in [0.29, 0.717) is 16.7 Å². The maximum Gasteiger partial charge on any atom is 0.337 e. The van der Waals surface area contributed by atoms with Crippen molar-refractivity contribution in [1.29, 1.82) is 5.26 Å². The van der Waals surface area contributed by atoms with Gasteiger partial charge in [-0.2, -0.15) is 5.26 Å². The van der Waals surface area contributed by atoms with Crippen LogP contribution in [0.15, 0.2) is 24.8 Å². The van der Waals surface area contributed by atoms with Gasteiger partial charge < -0.3 is 4.74 Å². The molecular formula is C12H11NO2. The first-order valence-electron chi connectivity index (χ1n) is 4.38. The van der Waals surface area contributed by atoms with E-state index in [1.165, 1.54) is 7.11 Å². The van der Waals surface area contributed by atoms with E-state index < -0.39 is 5.97 Å². The quantitative estimate of drug-likeness (QED) is 0.543. The molecular weight excluding hydrogens is 190 g/mol. The Morgan fingerprint density at radius 1 is 1.53 bits per heavy atom. The third-order valence-electron chi connectivity index (χ3n) is 2.11. The third-order valence-corrected chi connectivity index (χ3v) is 2.11. The molecule has 0 fully saturated rings. The van der Waals surface area contributed by atoms with E-state index in [1.54, 1.807) is 18.2 Å². The van der Waals surface area contributed by atoms with Crippen LogP contribution in [0.5, 0.6) is 0 Å². The van der Waals surface area contributed by atoms with Crippen molar-refractivity contribution in [2.24, 2.45) is 0 Å². The minimum atomic E-state index is -0.456. The number of ether oxygens (including phenoxy) is 1. The Labute approximate surface area is 88.6 Å². The van der Waals surface area contributed by atoms with Crippen molar-refractivity contribution in [2.75, 3.05) is 7.11 Å². The number of methoxy groups -OCH3 is 1. The van der Waals surface area contributed by atoms with Gasteiger partial charge in [-0.1, -0.05) is 12.6 Å². The number of hydrogen-bond acceptors (Lipinski definition) is 3. The summed E-state index contributed by atoms with van der Waals surface area (Å²) < 4.78 is 4.57. The smallest absolute Gasteiger partial charge is 0.337 e. The molecule has 15 heavy (non-hydrogen) atoms. The molecule has 3 nitrogen and oxygen atoms in total. The topological polar surface area (TPSA) is 50.1 Å². The molecule has 0 aliphatic heterocycles. The maximum absolute atomic E-state index is 11.2. The van der Waals surface area contributed by atoms with Crippen LogP contribution in [0.2, 0.25) is 0 Å². The van der Waals surface area contributed by atoms with Crippen LogP contribution < -0.4 is 0 Å². The van der Waals surface area contributed by atoms with Crippen LogP contribution in [-0.2, 0) is 9.53 Å². The van der Waals surface area contributed by atoms with Crippen LogP contribution in [0.3, 0.4) is 0 Å². The molecule has 1 rings (SSSR count). The molecule has 0 heterocycles. The van der Waals surface area contributed by atoms with Gasteiger partial charge in [-0.15, -0.1) is 0 Å². The van der Waals surface area contributed by atoms with E-state index in [4.69, 9.17) is 5.26 Å². The number of rotatable bonds is 2. The molecule has 0 saturated heterocycles. The Hall–Kier alpha value is -2.08. The van der Waals surface area contributed by atoms with Crippen LogP contribution in [0.4, 0.5) is 0 Å². The van der Waals surface area contributed by atoms with E-state index in [0.717, 1.165) is 5.56 Å². The summed E-state index contributed by atoms with van der Waals surface area (Å²) in [5.74, 6) is -0.456. The Morgan fingerprint density at radius 2 is 2.20 bits per heavy atom. The Morgan fingerprint density at radius 3 is 2.67 bits per heavy atom.